The zero-order chi connectivity index (χ0) is 18.7. The number of benzene rings is 1. The molecule has 0 aliphatic heterocycles. The minimum Gasteiger partial charge on any atom is -0.462 e. The summed E-state index contributed by atoms with van der Waals surface area (Å²) in [7, 11) is 0. The van der Waals surface area contributed by atoms with Crippen LogP contribution in [0.3, 0.4) is 0 Å². The molecule has 0 saturated carbocycles. The zero-order valence-electron chi connectivity index (χ0n) is 15.3. The van der Waals surface area contributed by atoms with Crippen molar-refractivity contribution in [2.75, 3.05) is 11.9 Å². The lowest BCUT2D eigenvalue weighted by atomic mass is 9.79. The molecular formula is C20H23N3O3. The highest BCUT2D eigenvalue weighted by Crippen LogP contribution is 2.35. The average Bonchev–Trinajstić information content (AvgIpc) is 2.97. The number of anilines is 1. The molecule has 6 nitrogen and oxygen atoms in total. The van der Waals surface area contributed by atoms with Crippen molar-refractivity contribution < 1.29 is 14.3 Å². The number of aromatic amines is 1. The van der Waals surface area contributed by atoms with Crippen molar-refractivity contribution >= 4 is 17.6 Å². The molecule has 6 heteroatoms. The maximum atomic E-state index is 12.5. The van der Waals surface area contributed by atoms with Gasteiger partial charge in [0.2, 0.25) is 0 Å². The van der Waals surface area contributed by atoms with Gasteiger partial charge >= 0.3 is 5.97 Å². The summed E-state index contributed by atoms with van der Waals surface area (Å²) in [6.07, 6.45) is 2.81. The van der Waals surface area contributed by atoms with Gasteiger partial charge in [0, 0.05) is 23.8 Å². The summed E-state index contributed by atoms with van der Waals surface area (Å²) in [5.74, 6) is -0.0103. The topological polar surface area (TPSA) is 84.1 Å². The number of nitrogens with zero attached hydrogens (tertiary/aromatic N) is 1. The van der Waals surface area contributed by atoms with E-state index in [9.17, 15) is 9.59 Å². The molecule has 1 aliphatic rings. The monoisotopic (exact) mass is 353 g/mol. The van der Waals surface area contributed by atoms with Gasteiger partial charge in [-0.3, -0.25) is 9.89 Å². The first-order valence-electron chi connectivity index (χ1n) is 8.71. The van der Waals surface area contributed by atoms with Crippen molar-refractivity contribution in [1.82, 2.24) is 10.2 Å². The Balaban J connectivity index is 1.98. The summed E-state index contributed by atoms with van der Waals surface area (Å²) in [6.45, 7) is 6.13. The molecule has 1 aromatic heterocycles. The van der Waals surface area contributed by atoms with E-state index in [2.05, 4.69) is 15.5 Å². The van der Waals surface area contributed by atoms with Crippen molar-refractivity contribution in [1.29, 1.82) is 0 Å². The van der Waals surface area contributed by atoms with E-state index in [0.29, 0.717) is 29.9 Å². The Hall–Kier alpha value is -2.89. The third kappa shape index (κ3) is 3.85. The lowest BCUT2D eigenvalue weighted by Crippen LogP contribution is -2.24. The van der Waals surface area contributed by atoms with E-state index in [1.807, 2.05) is 44.2 Å². The molecule has 3 rings (SSSR count). The molecule has 0 saturated heterocycles. The first-order chi connectivity index (χ1) is 12.4. The van der Waals surface area contributed by atoms with Crippen LogP contribution in [0.5, 0.6) is 0 Å². The maximum Gasteiger partial charge on any atom is 0.344 e. The molecule has 2 N–H and O–H groups in total. The molecule has 2 aromatic rings. The van der Waals surface area contributed by atoms with Crippen LogP contribution in [-0.4, -0.2) is 28.6 Å². The normalized spacial score (nSPS) is 16.1. The van der Waals surface area contributed by atoms with Crippen LogP contribution in [0.15, 0.2) is 42.1 Å². The summed E-state index contributed by atoms with van der Waals surface area (Å²) in [6, 6.07) is 9.48. The Morgan fingerprint density at radius 3 is 2.65 bits per heavy atom. The highest BCUT2D eigenvalue weighted by molar-refractivity contribution is 6.01. The minimum atomic E-state index is -0.454. The van der Waals surface area contributed by atoms with E-state index >= 15 is 0 Å². The van der Waals surface area contributed by atoms with Gasteiger partial charge < -0.3 is 10.1 Å². The maximum absolute atomic E-state index is 12.5. The Morgan fingerprint density at radius 1 is 1.27 bits per heavy atom. The van der Waals surface area contributed by atoms with Crippen LogP contribution in [0.4, 0.5) is 5.82 Å². The molecule has 26 heavy (non-hydrogen) atoms. The van der Waals surface area contributed by atoms with Gasteiger partial charge in [-0.2, -0.15) is 5.10 Å². The van der Waals surface area contributed by atoms with E-state index in [4.69, 9.17) is 4.74 Å². The first-order valence-corrected chi connectivity index (χ1v) is 8.71. The summed E-state index contributed by atoms with van der Waals surface area (Å²) >= 11 is 0. The molecule has 1 aromatic carbocycles. The third-order valence-electron chi connectivity index (χ3n) is 4.24. The molecule has 0 radical (unpaired) electrons. The van der Waals surface area contributed by atoms with E-state index < -0.39 is 5.97 Å². The number of carbonyl (C=O) groups excluding carboxylic acids is 2. The van der Waals surface area contributed by atoms with Crippen molar-refractivity contribution in [2.45, 2.75) is 33.6 Å². The van der Waals surface area contributed by atoms with Gasteiger partial charge in [0.25, 0.3) is 0 Å². The van der Waals surface area contributed by atoms with Gasteiger partial charge in [0.1, 0.15) is 5.56 Å². The second kappa shape index (κ2) is 7.15. The Kier molecular flexibility index (Phi) is 4.93. The highest BCUT2D eigenvalue weighted by atomic mass is 16.5. The fraction of sp³-hybridized carbons (Fsp3) is 0.350. The number of hydrogen-bond acceptors (Lipinski definition) is 5. The molecule has 0 bridgehead atoms. The fourth-order valence-corrected chi connectivity index (χ4v) is 3.23. The molecule has 0 atom stereocenters. The van der Waals surface area contributed by atoms with Crippen LogP contribution >= 0.6 is 0 Å². The van der Waals surface area contributed by atoms with Crippen LogP contribution in [0, 0.1) is 5.41 Å². The van der Waals surface area contributed by atoms with Gasteiger partial charge in [-0.25, -0.2) is 4.79 Å². The second-order valence-corrected chi connectivity index (χ2v) is 7.19. The Morgan fingerprint density at radius 2 is 2.00 bits per heavy atom. The van der Waals surface area contributed by atoms with Crippen molar-refractivity contribution in [3.63, 3.8) is 0 Å². The molecule has 0 amide bonds. The number of nitrogens with one attached hydrogen (secondary N) is 2. The summed E-state index contributed by atoms with van der Waals surface area (Å²) in [4.78, 5) is 24.5. The molecule has 0 fully saturated rings. The third-order valence-corrected chi connectivity index (χ3v) is 4.24. The quantitative estimate of drug-likeness (QED) is 0.796. The van der Waals surface area contributed by atoms with Crippen LogP contribution < -0.4 is 5.32 Å². The summed E-state index contributed by atoms with van der Waals surface area (Å²) in [5, 5.41) is 10.4. The summed E-state index contributed by atoms with van der Waals surface area (Å²) < 4.78 is 5.21. The lowest BCUT2D eigenvalue weighted by Gasteiger charge is -2.28. The minimum absolute atomic E-state index is 0.0697. The van der Waals surface area contributed by atoms with Crippen LogP contribution in [0.25, 0.3) is 11.3 Å². The largest absolute Gasteiger partial charge is 0.462 e. The number of esters is 1. The average molecular weight is 353 g/mol. The van der Waals surface area contributed by atoms with Crippen LogP contribution in [0.2, 0.25) is 0 Å². The second-order valence-electron chi connectivity index (χ2n) is 7.19. The molecule has 1 heterocycles. The molecule has 0 unspecified atom stereocenters. The lowest BCUT2D eigenvalue weighted by molar-refractivity contribution is -0.117. The van der Waals surface area contributed by atoms with Crippen LogP contribution in [-0.2, 0) is 9.53 Å². The van der Waals surface area contributed by atoms with Gasteiger partial charge in [-0.05, 0) is 18.8 Å². The van der Waals surface area contributed by atoms with E-state index in [1.165, 1.54) is 0 Å². The van der Waals surface area contributed by atoms with Gasteiger partial charge in [0.05, 0.1) is 12.3 Å². The van der Waals surface area contributed by atoms with Gasteiger partial charge in [-0.1, -0.05) is 44.2 Å². The Labute approximate surface area is 152 Å². The van der Waals surface area contributed by atoms with Gasteiger partial charge in [0.15, 0.2) is 11.6 Å². The SMILES string of the molecule is CCOC(=O)c1c(NC2=CC(=O)CC(C)(C)C2)n[nH]c1-c1ccccc1. The number of ether oxygens (including phenoxy) is 1. The Bertz CT molecular complexity index is 850. The molecule has 1 aliphatic carbocycles. The van der Waals surface area contributed by atoms with Crippen LogP contribution in [0.1, 0.15) is 44.0 Å². The number of H-pyrrole nitrogens is 1. The molecular weight excluding hydrogens is 330 g/mol. The number of carbonyl (C=O) groups is 2. The molecule has 0 spiro atoms. The number of rotatable bonds is 5. The number of allylic oxidation sites excluding steroid dienone is 2. The molecule has 136 valence electrons. The van der Waals surface area contributed by atoms with Crippen molar-refractivity contribution in [3.8, 4) is 11.3 Å². The first kappa shape index (κ1) is 17.9. The number of aromatic nitrogens is 2. The predicted molar refractivity (Wildman–Crippen MR) is 99.7 cm³/mol. The van der Waals surface area contributed by atoms with Crippen molar-refractivity contribution in [3.05, 3.63) is 47.7 Å². The number of ketones is 1. The smallest absolute Gasteiger partial charge is 0.344 e. The van der Waals surface area contributed by atoms with Crippen molar-refractivity contribution in [2.24, 2.45) is 5.41 Å². The van der Waals surface area contributed by atoms with E-state index in [1.54, 1.807) is 13.0 Å². The van der Waals surface area contributed by atoms with E-state index in [-0.39, 0.29) is 17.8 Å². The summed E-state index contributed by atoms with van der Waals surface area (Å²) in [5.41, 5.74) is 2.40. The van der Waals surface area contributed by atoms with Gasteiger partial charge in [-0.15, -0.1) is 0 Å². The highest BCUT2D eigenvalue weighted by Gasteiger charge is 2.29. The fourth-order valence-electron chi connectivity index (χ4n) is 3.23. The predicted octanol–water partition coefficient (Wildman–Crippen LogP) is 3.94. The zero-order valence-corrected chi connectivity index (χ0v) is 15.3. The van der Waals surface area contributed by atoms with E-state index in [0.717, 1.165) is 11.3 Å². The standard InChI is InChI=1S/C20H23N3O3/c1-4-26-19(25)16-17(13-8-6-5-7-9-13)22-23-18(16)21-14-10-15(24)12-20(2,3)11-14/h5-10H,4,11-12H2,1-3H3,(H2,21,22,23). The number of hydrogen-bond donors (Lipinski definition) is 2.